The Morgan fingerprint density at radius 2 is 2.16 bits per heavy atom. The maximum Gasteiger partial charge on any atom is 0.323 e. The number of carboxylic acid groups (broad SMARTS) is 1. The minimum Gasteiger partial charge on any atom is -0.480 e. The van der Waals surface area contributed by atoms with Gasteiger partial charge in [0.15, 0.2) is 0 Å². The van der Waals surface area contributed by atoms with E-state index in [0.29, 0.717) is 6.54 Å². The van der Waals surface area contributed by atoms with Gasteiger partial charge in [-0.25, -0.2) is 4.79 Å². The van der Waals surface area contributed by atoms with Gasteiger partial charge in [0, 0.05) is 28.8 Å². The number of likely N-dealkylation sites (N-methyl/N-ethyl adjacent to an activating group) is 1. The molecule has 2 N–H and O–H groups in total. The Kier molecular flexibility index (Phi) is 5.82. The molecule has 106 valence electrons. The van der Waals surface area contributed by atoms with Gasteiger partial charge >= 0.3 is 12.0 Å². The topological polar surface area (TPSA) is 69.6 Å². The number of hydrogen-bond acceptors (Lipinski definition) is 3. The van der Waals surface area contributed by atoms with Crippen LogP contribution in [0, 0.1) is 6.92 Å². The van der Waals surface area contributed by atoms with E-state index >= 15 is 0 Å². The van der Waals surface area contributed by atoms with E-state index in [0.717, 1.165) is 6.42 Å². The monoisotopic (exact) mass is 284 g/mol. The normalized spacial score (nSPS) is 11.9. The number of carbonyl (C=O) groups excluding carboxylic acids is 1. The molecule has 0 bridgehead atoms. The maximum absolute atomic E-state index is 11.9. The summed E-state index contributed by atoms with van der Waals surface area (Å²) in [6, 6.07) is 3.76. The fraction of sp³-hybridized carbons (Fsp3) is 0.538. The van der Waals surface area contributed by atoms with Gasteiger partial charge in [0.2, 0.25) is 0 Å². The molecule has 5 nitrogen and oxygen atoms in total. The predicted molar refractivity (Wildman–Crippen MR) is 75.6 cm³/mol. The molecular weight excluding hydrogens is 264 g/mol. The lowest BCUT2D eigenvalue weighted by molar-refractivity contribution is -0.137. The molecule has 19 heavy (non-hydrogen) atoms. The number of rotatable bonds is 6. The number of nitrogens with zero attached hydrogens (tertiary/aromatic N) is 1. The van der Waals surface area contributed by atoms with Crippen LogP contribution < -0.4 is 5.32 Å². The summed E-state index contributed by atoms with van der Waals surface area (Å²) in [7, 11) is 0. The molecule has 2 amide bonds. The lowest BCUT2D eigenvalue weighted by Gasteiger charge is -2.22. The third-order valence-electron chi connectivity index (χ3n) is 2.67. The first-order valence-corrected chi connectivity index (χ1v) is 7.06. The van der Waals surface area contributed by atoms with E-state index in [1.165, 1.54) is 14.7 Å². The predicted octanol–water partition coefficient (Wildman–Crippen LogP) is 2.10. The van der Waals surface area contributed by atoms with Crippen LogP contribution in [0.1, 0.15) is 23.6 Å². The van der Waals surface area contributed by atoms with Gasteiger partial charge in [-0.2, -0.15) is 0 Å². The van der Waals surface area contributed by atoms with E-state index in [-0.39, 0.29) is 18.6 Å². The van der Waals surface area contributed by atoms with Crippen molar-refractivity contribution in [3.63, 3.8) is 0 Å². The lowest BCUT2D eigenvalue weighted by atomic mass is 10.2. The van der Waals surface area contributed by atoms with Crippen LogP contribution in [-0.2, 0) is 11.2 Å². The van der Waals surface area contributed by atoms with Crippen molar-refractivity contribution in [1.82, 2.24) is 10.2 Å². The molecule has 0 spiro atoms. The van der Waals surface area contributed by atoms with Crippen molar-refractivity contribution in [3.8, 4) is 0 Å². The molecule has 0 saturated heterocycles. The number of aryl methyl sites for hydroxylation is 1. The second-order valence-electron chi connectivity index (χ2n) is 4.47. The molecule has 1 aromatic rings. The summed E-state index contributed by atoms with van der Waals surface area (Å²) in [6.45, 7) is 5.83. The molecule has 1 heterocycles. The van der Waals surface area contributed by atoms with Crippen molar-refractivity contribution >= 4 is 23.3 Å². The Morgan fingerprint density at radius 1 is 1.47 bits per heavy atom. The van der Waals surface area contributed by atoms with Crippen molar-refractivity contribution in [2.75, 3.05) is 13.1 Å². The Bertz CT molecular complexity index is 445. The van der Waals surface area contributed by atoms with Crippen molar-refractivity contribution in [2.24, 2.45) is 0 Å². The van der Waals surface area contributed by atoms with E-state index in [4.69, 9.17) is 5.11 Å². The molecule has 6 heteroatoms. The summed E-state index contributed by atoms with van der Waals surface area (Å²) >= 11 is 1.71. The van der Waals surface area contributed by atoms with Crippen molar-refractivity contribution in [1.29, 1.82) is 0 Å². The van der Waals surface area contributed by atoms with Crippen LogP contribution in [0.25, 0.3) is 0 Å². The number of carbonyl (C=O) groups is 2. The van der Waals surface area contributed by atoms with Crippen LogP contribution >= 0.6 is 11.3 Å². The van der Waals surface area contributed by atoms with Gasteiger partial charge in [-0.15, -0.1) is 11.3 Å². The van der Waals surface area contributed by atoms with Crippen LogP contribution in [0.5, 0.6) is 0 Å². The molecule has 0 saturated carbocycles. The van der Waals surface area contributed by atoms with Crippen molar-refractivity contribution < 1.29 is 14.7 Å². The summed E-state index contributed by atoms with van der Waals surface area (Å²) in [5, 5.41) is 11.5. The molecular formula is C13H20N2O3S. The highest BCUT2D eigenvalue weighted by Crippen LogP contribution is 2.16. The lowest BCUT2D eigenvalue weighted by Crippen LogP contribution is -2.46. The van der Waals surface area contributed by atoms with Crippen molar-refractivity contribution in [3.05, 3.63) is 21.9 Å². The molecule has 1 rings (SSSR count). The number of carboxylic acids is 1. The summed E-state index contributed by atoms with van der Waals surface area (Å²) in [4.78, 5) is 26.2. The number of aliphatic carboxylic acids is 1. The molecule has 0 fully saturated rings. The molecule has 1 atom stereocenters. The van der Waals surface area contributed by atoms with E-state index in [2.05, 4.69) is 17.4 Å². The van der Waals surface area contributed by atoms with E-state index in [9.17, 15) is 9.59 Å². The molecule has 0 aromatic carbocycles. The molecule has 0 radical (unpaired) electrons. The zero-order valence-electron chi connectivity index (χ0n) is 11.5. The van der Waals surface area contributed by atoms with Crippen LogP contribution in [0.4, 0.5) is 4.79 Å². The molecule has 0 aliphatic carbocycles. The van der Waals surface area contributed by atoms with Crippen molar-refractivity contribution in [2.45, 2.75) is 33.2 Å². The molecule has 1 aromatic heterocycles. The average molecular weight is 284 g/mol. The summed E-state index contributed by atoms with van der Waals surface area (Å²) < 4.78 is 0. The minimum absolute atomic E-state index is 0.0200. The van der Waals surface area contributed by atoms with Gasteiger partial charge < -0.3 is 15.3 Å². The second kappa shape index (κ2) is 7.13. The quantitative estimate of drug-likeness (QED) is 0.840. The highest BCUT2D eigenvalue weighted by atomic mass is 32.1. The van der Waals surface area contributed by atoms with Crippen LogP contribution in [0.3, 0.4) is 0 Å². The van der Waals surface area contributed by atoms with Gasteiger partial charge in [0.05, 0.1) is 0 Å². The standard InChI is InChI=1S/C13H20N2O3S/c1-4-15(8-12(16)17)13(18)14-9(2)7-11-6-5-10(3)19-11/h5-6,9H,4,7-8H2,1-3H3,(H,14,18)(H,16,17). The third-order valence-corrected chi connectivity index (χ3v) is 3.69. The Morgan fingerprint density at radius 3 is 2.63 bits per heavy atom. The number of urea groups is 1. The fourth-order valence-electron chi connectivity index (χ4n) is 1.74. The van der Waals surface area contributed by atoms with E-state index in [1.807, 2.05) is 13.8 Å². The molecule has 1 unspecified atom stereocenters. The van der Waals surface area contributed by atoms with Gasteiger partial charge in [-0.1, -0.05) is 0 Å². The number of amides is 2. The van der Waals surface area contributed by atoms with Gasteiger partial charge in [0.1, 0.15) is 6.54 Å². The second-order valence-corrected chi connectivity index (χ2v) is 5.85. The number of thiophene rings is 1. The summed E-state index contributed by atoms with van der Waals surface area (Å²) in [6.07, 6.45) is 0.759. The SMILES string of the molecule is CCN(CC(=O)O)C(=O)NC(C)Cc1ccc(C)s1. The van der Waals surface area contributed by atoms with E-state index in [1.54, 1.807) is 18.3 Å². The van der Waals surface area contributed by atoms with Crippen LogP contribution in [-0.4, -0.2) is 41.1 Å². The van der Waals surface area contributed by atoms with Crippen LogP contribution in [0.15, 0.2) is 12.1 Å². The summed E-state index contributed by atoms with van der Waals surface area (Å²) in [5.74, 6) is -1.00. The highest BCUT2D eigenvalue weighted by Gasteiger charge is 2.17. The minimum atomic E-state index is -1.00. The largest absolute Gasteiger partial charge is 0.480 e. The molecule has 0 aliphatic heterocycles. The van der Waals surface area contributed by atoms with Gasteiger partial charge in [0.25, 0.3) is 0 Å². The highest BCUT2D eigenvalue weighted by molar-refractivity contribution is 7.11. The smallest absolute Gasteiger partial charge is 0.323 e. The third kappa shape index (κ3) is 5.30. The van der Waals surface area contributed by atoms with E-state index < -0.39 is 5.97 Å². The Balaban J connectivity index is 2.48. The first-order chi connectivity index (χ1) is 8.92. The average Bonchev–Trinajstić information content (AvgIpc) is 2.70. The Labute approximate surface area is 117 Å². The Hall–Kier alpha value is -1.56. The maximum atomic E-state index is 11.9. The fourth-order valence-corrected chi connectivity index (χ4v) is 2.76. The number of nitrogens with one attached hydrogen (secondary N) is 1. The van der Waals surface area contributed by atoms with Gasteiger partial charge in [-0.05, 0) is 32.9 Å². The first kappa shape index (κ1) is 15.5. The first-order valence-electron chi connectivity index (χ1n) is 6.25. The van der Waals surface area contributed by atoms with Crippen LogP contribution in [0.2, 0.25) is 0 Å². The van der Waals surface area contributed by atoms with Gasteiger partial charge in [-0.3, -0.25) is 4.79 Å². The molecule has 0 aliphatic rings. The zero-order chi connectivity index (χ0) is 14.4. The zero-order valence-corrected chi connectivity index (χ0v) is 12.3. The summed E-state index contributed by atoms with van der Waals surface area (Å²) in [5.41, 5.74) is 0. The number of hydrogen-bond donors (Lipinski definition) is 2.